The van der Waals surface area contributed by atoms with Crippen LogP contribution in [0.5, 0.6) is 0 Å². The molecule has 1 aliphatic rings. The van der Waals surface area contributed by atoms with E-state index in [1.165, 1.54) is 63.5 Å². The summed E-state index contributed by atoms with van der Waals surface area (Å²) in [5, 5.41) is 0. The van der Waals surface area contributed by atoms with Gasteiger partial charge in [-0.1, -0.05) is 49.6 Å². The molecule has 100 valence electrons. The van der Waals surface area contributed by atoms with Crippen LogP contribution in [0.4, 0.5) is 0 Å². The van der Waals surface area contributed by atoms with Crippen LogP contribution in [-0.2, 0) is 6.42 Å². The van der Waals surface area contributed by atoms with E-state index in [1.807, 2.05) is 0 Å². The van der Waals surface area contributed by atoms with Gasteiger partial charge in [-0.3, -0.25) is 0 Å². The fourth-order valence-corrected chi connectivity index (χ4v) is 3.05. The highest BCUT2D eigenvalue weighted by molar-refractivity contribution is 5.14. The quantitative estimate of drug-likeness (QED) is 0.648. The summed E-state index contributed by atoms with van der Waals surface area (Å²) in [5.41, 5.74) is 1.49. The molecule has 0 N–H and O–H groups in total. The predicted octanol–water partition coefficient (Wildman–Crippen LogP) is 4.27. The van der Waals surface area contributed by atoms with Gasteiger partial charge in [0.2, 0.25) is 0 Å². The summed E-state index contributed by atoms with van der Waals surface area (Å²) >= 11 is 0. The second-order valence-electron chi connectivity index (χ2n) is 5.72. The van der Waals surface area contributed by atoms with Crippen molar-refractivity contribution in [1.82, 2.24) is 4.90 Å². The van der Waals surface area contributed by atoms with Gasteiger partial charge in [-0.15, -0.1) is 0 Å². The first-order chi connectivity index (χ1) is 8.86. The van der Waals surface area contributed by atoms with E-state index in [-0.39, 0.29) is 0 Å². The average Bonchev–Trinajstić information content (AvgIpc) is 2.81. The van der Waals surface area contributed by atoms with Gasteiger partial charge in [0.1, 0.15) is 0 Å². The third-order valence-corrected chi connectivity index (χ3v) is 4.27. The zero-order chi connectivity index (χ0) is 12.6. The van der Waals surface area contributed by atoms with Crippen LogP contribution in [0, 0.1) is 0 Å². The van der Waals surface area contributed by atoms with Crippen LogP contribution in [0.1, 0.15) is 50.5 Å². The van der Waals surface area contributed by atoms with Gasteiger partial charge in [0.15, 0.2) is 0 Å². The molecule has 1 aliphatic heterocycles. The lowest BCUT2D eigenvalue weighted by molar-refractivity contribution is 0.289. The fourth-order valence-electron chi connectivity index (χ4n) is 3.05. The molecule has 1 aromatic carbocycles. The molecule has 1 nitrogen and oxygen atoms in total. The molecule has 1 aromatic rings. The third-order valence-electron chi connectivity index (χ3n) is 4.27. The minimum absolute atomic E-state index is 0.888. The van der Waals surface area contributed by atoms with E-state index < -0.39 is 0 Å². The van der Waals surface area contributed by atoms with Crippen molar-refractivity contribution < 1.29 is 0 Å². The highest BCUT2D eigenvalue weighted by Crippen LogP contribution is 2.20. The summed E-state index contributed by atoms with van der Waals surface area (Å²) in [6.07, 6.45) is 11.1. The number of benzene rings is 1. The van der Waals surface area contributed by atoms with Crippen LogP contribution in [0.3, 0.4) is 0 Å². The van der Waals surface area contributed by atoms with E-state index >= 15 is 0 Å². The maximum Gasteiger partial charge on any atom is 0.00926 e. The maximum atomic E-state index is 2.55. The van der Waals surface area contributed by atoms with E-state index in [0.717, 1.165) is 6.04 Å². The summed E-state index contributed by atoms with van der Waals surface area (Å²) < 4.78 is 0. The van der Waals surface area contributed by atoms with Crippen molar-refractivity contribution in [2.24, 2.45) is 0 Å². The first-order valence-electron chi connectivity index (χ1n) is 7.60. The van der Waals surface area contributed by atoms with Crippen molar-refractivity contribution in [3.8, 4) is 0 Å². The van der Waals surface area contributed by atoms with Crippen LogP contribution in [-0.4, -0.2) is 24.5 Å². The number of aryl methyl sites for hydroxylation is 1. The van der Waals surface area contributed by atoms with Crippen LogP contribution in [0.25, 0.3) is 0 Å². The smallest absolute Gasteiger partial charge is 0.00926 e. The molecule has 0 amide bonds. The summed E-state index contributed by atoms with van der Waals surface area (Å²) in [4.78, 5) is 2.55. The summed E-state index contributed by atoms with van der Waals surface area (Å²) in [6, 6.07) is 11.8. The molecule has 18 heavy (non-hydrogen) atoms. The molecular formula is C17H27N. The zero-order valence-electron chi connectivity index (χ0n) is 11.8. The molecule has 1 heteroatoms. The molecule has 0 aromatic heterocycles. The number of hydrogen-bond acceptors (Lipinski definition) is 1. The number of unbranched alkanes of at least 4 members (excludes halogenated alkanes) is 3. The first-order valence-corrected chi connectivity index (χ1v) is 7.60. The Bertz CT molecular complexity index is 320. The van der Waals surface area contributed by atoms with Gasteiger partial charge in [0.25, 0.3) is 0 Å². The number of hydrogen-bond donors (Lipinski definition) is 0. The monoisotopic (exact) mass is 245 g/mol. The van der Waals surface area contributed by atoms with E-state index in [2.05, 4.69) is 42.3 Å². The predicted molar refractivity (Wildman–Crippen MR) is 78.9 cm³/mol. The van der Waals surface area contributed by atoms with E-state index in [1.54, 1.807) is 0 Å². The molecule has 1 heterocycles. The lowest BCUT2D eigenvalue weighted by Gasteiger charge is -2.18. The molecule has 0 spiro atoms. The third kappa shape index (κ3) is 4.45. The Kier molecular flexibility index (Phi) is 5.73. The maximum absolute atomic E-state index is 2.55. The number of likely N-dealkylation sites (tertiary alicyclic amines) is 1. The van der Waals surface area contributed by atoms with Gasteiger partial charge in [-0.2, -0.15) is 0 Å². The van der Waals surface area contributed by atoms with Crippen molar-refractivity contribution in [3.05, 3.63) is 35.9 Å². The Balaban J connectivity index is 1.49. The Morgan fingerprint density at radius 3 is 2.56 bits per heavy atom. The zero-order valence-corrected chi connectivity index (χ0v) is 11.8. The number of nitrogens with zero attached hydrogens (tertiary/aromatic N) is 1. The second kappa shape index (κ2) is 7.58. The van der Waals surface area contributed by atoms with Crippen LogP contribution >= 0.6 is 0 Å². The molecule has 0 radical (unpaired) electrons. The first kappa shape index (κ1) is 13.6. The highest BCUT2D eigenvalue weighted by atomic mass is 15.1. The van der Waals surface area contributed by atoms with Gasteiger partial charge < -0.3 is 4.90 Å². The normalized spacial score (nSPS) is 20.4. The van der Waals surface area contributed by atoms with Crippen molar-refractivity contribution in [3.63, 3.8) is 0 Å². The molecule has 1 fully saturated rings. The molecule has 0 bridgehead atoms. The van der Waals surface area contributed by atoms with Crippen molar-refractivity contribution in [2.45, 2.75) is 57.4 Å². The Morgan fingerprint density at radius 1 is 1.06 bits per heavy atom. The molecule has 1 saturated heterocycles. The van der Waals surface area contributed by atoms with Gasteiger partial charge in [-0.05, 0) is 51.3 Å². The summed E-state index contributed by atoms with van der Waals surface area (Å²) in [7, 11) is 2.28. The Labute approximate surface area is 112 Å². The van der Waals surface area contributed by atoms with Gasteiger partial charge in [-0.25, -0.2) is 0 Å². The van der Waals surface area contributed by atoms with Crippen LogP contribution in [0.2, 0.25) is 0 Å². The Morgan fingerprint density at radius 2 is 1.83 bits per heavy atom. The molecule has 1 atom stereocenters. The molecule has 0 saturated carbocycles. The van der Waals surface area contributed by atoms with Crippen LogP contribution in [0.15, 0.2) is 30.3 Å². The lowest BCUT2D eigenvalue weighted by atomic mass is 10.0. The summed E-state index contributed by atoms with van der Waals surface area (Å²) in [6.45, 7) is 1.32. The lowest BCUT2D eigenvalue weighted by Crippen LogP contribution is -2.24. The second-order valence-corrected chi connectivity index (χ2v) is 5.72. The van der Waals surface area contributed by atoms with Gasteiger partial charge in [0, 0.05) is 6.04 Å². The SMILES string of the molecule is CN1CCC[C@H]1CCCCCCc1ccccc1. The van der Waals surface area contributed by atoms with Crippen molar-refractivity contribution in [2.75, 3.05) is 13.6 Å². The summed E-state index contributed by atoms with van der Waals surface area (Å²) in [5.74, 6) is 0. The molecule has 0 aliphatic carbocycles. The molecular weight excluding hydrogens is 218 g/mol. The topological polar surface area (TPSA) is 3.24 Å². The average molecular weight is 245 g/mol. The van der Waals surface area contributed by atoms with Crippen molar-refractivity contribution in [1.29, 1.82) is 0 Å². The standard InChI is InChI=1S/C17H27N/c1-18-15-9-14-17(18)13-8-3-2-5-10-16-11-6-4-7-12-16/h4,6-7,11-12,17H,2-3,5,8-10,13-15H2,1H3/t17-/m1/s1. The fraction of sp³-hybridized carbons (Fsp3) is 0.647. The Hall–Kier alpha value is -0.820. The van der Waals surface area contributed by atoms with E-state index in [9.17, 15) is 0 Å². The number of rotatable bonds is 7. The largest absolute Gasteiger partial charge is 0.303 e. The van der Waals surface area contributed by atoms with Gasteiger partial charge in [0.05, 0.1) is 0 Å². The highest BCUT2D eigenvalue weighted by Gasteiger charge is 2.19. The molecule has 0 unspecified atom stereocenters. The van der Waals surface area contributed by atoms with Gasteiger partial charge >= 0.3 is 0 Å². The van der Waals surface area contributed by atoms with Crippen LogP contribution < -0.4 is 0 Å². The minimum Gasteiger partial charge on any atom is -0.303 e. The van der Waals surface area contributed by atoms with Crippen molar-refractivity contribution >= 4 is 0 Å². The van der Waals surface area contributed by atoms with E-state index in [0.29, 0.717) is 0 Å². The van der Waals surface area contributed by atoms with E-state index in [4.69, 9.17) is 0 Å². The minimum atomic E-state index is 0.888. The molecule has 2 rings (SSSR count).